The Hall–Kier alpha value is 0.170. The Labute approximate surface area is 138 Å². The van der Waals surface area contributed by atoms with Crippen molar-refractivity contribution < 1.29 is 0 Å². The Bertz CT molecular complexity index is 465. The molecule has 7 rings (SSSR count). The highest BCUT2D eigenvalue weighted by molar-refractivity contribution is 7.38. The quantitative estimate of drug-likeness (QED) is 0.449. The van der Waals surface area contributed by atoms with E-state index in [9.17, 15) is 0 Å². The van der Waals surface area contributed by atoms with Crippen LogP contribution >= 0.6 is 8.58 Å². The molecule has 0 amide bonds. The summed E-state index contributed by atoms with van der Waals surface area (Å²) in [7, 11) is 1.22. The predicted octanol–water partition coefficient (Wildman–Crippen LogP) is 5.87. The minimum absolute atomic E-state index is 0.634. The van der Waals surface area contributed by atoms with E-state index in [1.807, 2.05) is 5.57 Å². The zero-order chi connectivity index (χ0) is 14.9. The fourth-order valence-corrected chi connectivity index (χ4v) is 9.42. The van der Waals surface area contributed by atoms with Crippen LogP contribution in [0.3, 0.4) is 0 Å². The molecule has 5 saturated carbocycles. The molecule has 0 nitrogen and oxygen atoms in total. The van der Waals surface area contributed by atoms with Gasteiger partial charge in [-0.05, 0) is 104 Å². The predicted molar refractivity (Wildman–Crippen MR) is 96.7 cm³/mol. The van der Waals surface area contributed by atoms with Crippen LogP contribution in [0.2, 0.25) is 0 Å². The molecule has 122 valence electrons. The van der Waals surface area contributed by atoms with Gasteiger partial charge < -0.3 is 0 Å². The van der Waals surface area contributed by atoms with Crippen molar-refractivity contribution in [2.24, 2.45) is 40.4 Å². The lowest BCUT2D eigenvalue weighted by Crippen LogP contribution is -2.48. The molecule has 0 spiro atoms. The van der Waals surface area contributed by atoms with E-state index in [1.165, 1.54) is 27.6 Å². The summed E-state index contributed by atoms with van der Waals surface area (Å²) in [6, 6.07) is 0. The molecule has 0 aliphatic heterocycles. The van der Waals surface area contributed by atoms with Gasteiger partial charge in [0.1, 0.15) is 0 Å². The SMILES string of the molecule is CC1(C)[C@H]2CC=C(CPCC34CC5CC(CC(C5)C3)C4)[C@@H]1C2. The van der Waals surface area contributed by atoms with Crippen LogP contribution in [0.5, 0.6) is 0 Å². The van der Waals surface area contributed by atoms with Gasteiger partial charge in [-0.1, -0.05) is 25.5 Å². The highest BCUT2D eigenvalue weighted by Crippen LogP contribution is 2.63. The van der Waals surface area contributed by atoms with Crippen molar-refractivity contribution in [3.8, 4) is 0 Å². The Kier molecular flexibility index (Phi) is 3.19. The third-order valence-corrected chi connectivity index (χ3v) is 10.2. The van der Waals surface area contributed by atoms with Crippen LogP contribution < -0.4 is 0 Å². The van der Waals surface area contributed by atoms with Gasteiger partial charge in [0.15, 0.2) is 0 Å². The van der Waals surface area contributed by atoms with Crippen molar-refractivity contribution in [3.63, 3.8) is 0 Å². The summed E-state index contributed by atoms with van der Waals surface area (Å²) >= 11 is 0. The topological polar surface area (TPSA) is 0 Å². The van der Waals surface area contributed by atoms with E-state index in [1.54, 1.807) is 44.7 Å². The van der Waals surface area contributed by atoms with Crippen LogP contribution in [-0.4, -0.2) is 12.3 Å². The van der Waals surface area contributed by atoms with Crippen molar-refractivity contribution in [1.29, 1.82) is 0 Å². The van der Waals surface area contributed by atoms with E-state index in [4.69, 9.17) is 0 Å². The molecule has 0 aromatic rings. The van der Waals surface area contributed by atoms with E-state index in [0.29, 0.717) is 5.41 Å². The fraction of sp³-hybridized carbons (Fsp3) is 0.905. The van der Waals surface area contributed by atoms with Crippen LogP contribution in [0.4, 0.5) is 0 Å². The number of fused-ring (bicyclic) bond motifs is 1. The molecule has 1 unspecified atom stereocenters. The average molecular weight is 316 g/mol. The third-order valence-electron chi connectivity index (χ3n) is 8.58. The smallest absolute Gasteiger partial charge is 0.0139 e. The number of hydrogen-bond acceptors (Lipinski definition) is 0. The molecular weight excluding hydrogens is 283 g/mol. The van der Waals surface area contributed by atoms with E-state index < -0.39 is 0 Å². The minimum atomic E-state index is 0.634. The minimum Gasteiger partial charge on any atom is -0.117 e. The van der Waals surface area contributed by atoms with Gasteiger partial charge in [-0.15, -0.1) is 8.58 Å². The molecule has 22 heavy (non-hydrogen) atoms. The summed E-state index contributed by atoms with van der Waals surface area (Å²) in [6.07, 6.45) is 18.2. The molecular formula is C21H33P. The van der Waals surface area contributed by atoms with Crippen LogP contribution in [0, 0.1) is 40.4 Å². The second kappa shape index (κ2) is 4.84. The van der Waals surface area contributed by atoms with Crippen LogP contribution in [0.1, 0.15) is 65.2 Å². The summed E-state index contributed by atoms with van der Waals surface area (Å²) in [4.78, 5) is 0. The van der Waals surface area contributed by atoms with Gasteiger partial charge in [-0.3, -0.25) is 0 Å². The average Bonchev–Trinajstić information content (AvgIpc) is 2.45. The van der Waals surface area contributed by atoms with Crippen LogP contribution in [0.25, 0.3) is 0 Å². The second-order valence-electron chi connectivity index (χ2n) is 10.3. The molecule has 3 atom stereocenters. The zero-order valence-corrected chi connectivity index (χ0v) is 15.5. The molecule has 0 aromatic heterocycles. The number of allylic oxidation sites excluding steroid dienone is 2. The van der Waals surface area contributed by atoms with E-state index in [0.717, 1.165) is 35.0 Å². The van der Waals surface area contributed by atoms with Crippen molar-refractivity contribution in [1.82, 2.24) is 0 Å². The summed E-state index contributed by atoms with van der Waals surface area (Å²) in [6.45, 7) is 5.06. The first-order valence-electron chi connectivity index (χ1n) is 9.94. The maximum absolute atomic E-state index is 2.65. The lowest BCUT2D eigenvalue weighted by atomic mass is 9.49. The highest BCUT2D eigenvalue weighted by Gasteiger charge is 2.52. The molecule has 0 saturated heterocycles. The van der Waals surface area contributed by atoms with Gasteiger partial charge in [0.25, 0.3) is 0 Å². The van der Waals surface area contributed by atoms with Gasteiger partial charge in [0.2, 0.25) is 0 Å². The molecule has 0 aromatic carbocycles. The summed E-state index contributed by atoms with van der Waals surface area (Å²) in [5, 5.41) is 0. The molecule has 5 fully saturated rings. The first-order valence-corrected chi connectivity index (χ1v) is 11.4. The monoisotopic (exact) mass is 316 g/mol. The molecule has 0 N–H and O–H groups in total. The third kappa shape index (κ3) is 2.12. The second-order valence-corrected chi connectivity index (χ2v) is 11.5. The van der Waals surface area contributed by atoms with Crippen LogP contribution in [0.15, 0.2) is 11.6 Å². The zero-order valence-electron chi connectivity index (χ0n) is 14.5. The maximum atomic E-state index is 2.65. The normalized spacial score (nSPS) is 51.2. The lowest BCUT2D eigenvalue weighted by Gasteiger charge is -2.58. The summed E-state index contributed by atoms with van der Waals surface area (Å²) < 4.78 is 0. The summed E-state index contributed by atoms with van der Waals surface area (Å²) in [5.74, 6) is 5.37. The molecule has 0 heterocycles. The first kappa shape index (κ1) is 14.5. The summed E-state index contributed by atoms with van der Waals surface area (Å²) in [5.41, 5.74) is 3.32. The largest absolute Gasteiger partial charge is 0.117 e. The van der Waals surface area contributed by atoms with Gasteiger partial charge in [-0.2, -0.15) is 0 Å². The van der Waals surface area contributed by atoms with Crippen LogP contribution in [-0.2, 0) is 0 Å². The van der Waals surface area contributed by atoms with Gasteiger partial charge in [-0.25, -0.2) is 0 Å². The number of rotatable bonds is 4. The van der Waals surface area contributed by atoms with E-state index >= 15 is 0 Å². The van der Waals surface area contributed by atoms with Gasteiger partial charge >= 0.3 is 0 Å². The molecule has 6 bridgehead atoms. The van der Waals surface area contributed by atoms with Crippen molar-refractivity contribution in [3.05, 3.63) is 11.6 Å². The highest BCUT2D eigenvalue weighted by atomic mass is 31.1. The molecule has 7 aliphatic carbocycles. The number of hydrogen-bond donors (Lipinski definition) is 0. The maximum Gasteiger partial charge on any atom is -0.0139 e. The van der Waals surface area contributed by atoms with Crippen molar-refractivity contribution >= 4 is 8.58 Å². The van der Waals surface area contributed by atoms with Gasteiger partial charge in [0, 0.05) is 0 Å². The standard InChI is InChI=1S/C21H33P/c1-20(2)18-4-3-17(19(20)8-18)12-22-13-21-9-14-5-15(10-21)7-16(6-14)11-21/h3,14-16,18-19,22H,4-13H2,1-2H3/t14?,15?,16?,18-,19-,21?/m0/s1. The van der Waals surface area contributed by atoms with E-state index in [2.05, 4.69) is 19.9 Å². The Balaban J connectivity index is 1.21. The molecule has 1 heteroatoms. The Morgan fingerprint density at radius 1 is 1.00 bits per heavy atom. The first-order chi connectivity index (χ1) is 10.5. The van der Waals surface area contributed by atoms with Crippen molar-refractivity contribution in [2.45, 2.75) is 65.2 Å². The van der Waals surface area contributed by atoms with E-state index in [-0.39, 0.29) is 0 Å². The molecule has 7 aliphatic rings. The molecule has 0 radical (unpaired) electrons. The Morgan fingerprint density at radius 2 is 1.64 bits per heavy atom. The lowest BCUT2D eigenvalue weighted by molar-refractivity contribution is -0.0385. The van der Waals surface area contributed by atoms with Gasteiger partial charge in [0.05, 0.1) is 0 Å². The fourth-order valence-electron chi connectivity index (χ4n) is 7.65. The Morgan fingerprint density at radius 3 is 2.18 bits per heavy atom. The van der Waals surface area contributed by atoms with Crippen molar-refractivity contribution in [2.75, 3.05) is 12.3 Å².